The highest BCUT2D eigenvalue weighted by Gasteiger charge is 2.15. The molecule has 0 saturated heterocycles. The number of aromatic nitrogens is 1. The Balaban J connectivity index is 1.82. The van der Waals surface area contributed by atoms with E-state index in [4.69, 9.17) is 14.2 Å². The number of nitrogens with zero attached hydrogens (tertiary/aromatic N) is 1. The summed E-state index contributed by atoms with van der Waals surface area (Å²) in [6, 6.07) is 15.7. The van der Waals surface area contributed by atoms with E-state index in [1.54, 1.807) is 75.0 Å². The van der Waals surface area contributed by atoms with Gasteiger partial charge in [-0.15, -0.1) is 0 Å². The Morgan fingerprint density at radius 1 is 0.963 bits per heavy atom. The number of halogens is 1. The maximum Gasteiger partial charge on any atom is 0.257 e. The fourth-order valence-electron chi connectivity index (χ4n) is 2.32. The molecule has 3 aromatic rings. The number of carbonyl (C=O) groups excluding carboxylic acids is 1. The summed E-state index contributed by atoms with van der Waals surface area (Å²) in [6.07, 6.45) is 1.59. The fourth-order valence-corrected chi connectivity index (χ4v) is 2.74. The Hall–Kier alpha value is -3.06. The number of methoxy groups -OCH3 is 2. The molecule has 1 amide bonds. The SMILES string of the molecule is COc1ccc(Oc2ncccc2NC(=O)c2cc(OC)ccc2Br)cc1. The van der Waals surface area contributed by atoms with Crippen molar-refractivity contribution < 1.29 is 19.0 Å². The number of hydrogen-bond acceptors (Lipinski definition) is 5. The molecular weight excluding hydrogens is 412 g/mol. The van der Waals surface area contributed by atoms with Crippen LogP contribution in [0.3, 0.4) is 0 Å². The second kappa shape index (κ2) is 8.55. The number of rotatable bonds is 6. The van der Waals surface area contributed by atoms with Crippen LogP contribution in [-0.4, -0.2) is 25.1 Å². The molecule has 0 aliphatic carbocycles. The molecule has 0 saturated carbocycles. The summed E-state index contributed by atoms with van der Waals surface area (Å²) in [5.41, 5.74) is 0.890. The number of benzene rings is 2. The van der Waals surface area contributed by atoms with Crippen molar-refractivity contribution in [3.63, 3.8) is 0 Å². The van der Waals surface area contributed by atoms with Crippen LogP contribution >= 0.6 is 15.9 Å². The Bertz CT molecular complexity index is 945. The van der Waals surface area contributed by atoms with Crippen LogP contribution < -0.4 is 19.5 Å². The van der Waals surface area contributed by atoms with Crippen LogP contribution in [0.1, 0.15) is 10.4 Å². The van der Waals surface area contributed by atoms with Gasteiger partial charge in [0.2, 0.25) is 5.88 Å². The van der Waals surface area contributed by atoms with Crippen molar-refractivity contribution in [1.29, 1.82) is 0 Å². The van der Waals surface area contributed by atoms with Crippen molar-refractivity contribution in [3.8, 4) is 23.1 Å². The molecule has 0 bridgehead atoms. The molecule has 0 atom stereocenters. The minimum Gasteiger partial charge on any atom is -0.497 e. The summed E-state index contributed by atoms with van der Waals surface area (Å²) in [5, 5.41) is 2.83. The van der Waals surface area contributed by atoms with E-state index in [0.29, 0.717) is 27.2 Å². The van der Waals surface area contributed by atoms with Crippen molar-refractivity contribution >= 4 is 27.5 Å². The van der Waals surface area contributed by atoms with E-state index in [-0.39, 0.29) is 11.8 Å². The third-order valence-corrected chi connectivity index (χ3v) is 4.40. The van der Waals surface area contributed by atoms with Gasteiger partial charge in [0.05, 0.1) is 19.8 Å². The molecule has 6 nitrogen and oxygen atoms in total. The van der Waals surface area contributed by atoms with Gasteiger partial charge in [-0.05, 0) is 70.5 Å². The van der Waals surface area contributed by atoms with Gasteiger partial charge in [0.15, 0.2) is 0 Å². The van der Waals surface area contributed by atoms with Gasteiger partial charge in [0.25, 0.3) is 5.91 Å². The summed E-state index contributed by atoms with van der Waals surface area (Å²) in [6.45, 7) is 0. The van der Waals surface area contributed by atoms with E-state index in [1.807, 2.05) is 0 Å². The molecule has 1 heterocycles. The van der Waals surface area contributed by atoms with Gasteiger partial charge >= 0.3 is 0 Å². The number of nitrogens with one attached hydrogen (secondary N) is 1. The third-order valence-electron chi connectivity index (χ3n) is 3.71. The summed E-state index contributed by atoms with van der Waals surface area (Å²) in [4.78, 5) is 16.9. The lowest BCUT2D eigenvalue weighted by Crippen LogP contribution is -2.13. The second-order valence-corrected chi connectivity index (χ2v) is 6.29. The molecule has 0 aliphatic heterocycles. The minimum absolute atomic E-state index is 0.287. The van der Waals surface area contributed by atoms with E-state index >= 15 is 0 Å². The highest BCUT2D eigenvalue weighted by Crippen LogP contribution is 2.29. The minimum atomic E-state index is -0.312. The Morgan fingerprint density at radius 3 is 2.33 bits per heavy atom. The predicted molar refractivity (Wildman–Crippen MR) is 106 cm³/mol. The Morgan fingerprint density at radius 2 is 1.63 bits per heavy atom. The fraction of sp³-hybridized carbons (Fsp3) is 0.100. The molecule has 0 fully saturated rings. The maximum absolute atomic E-state index is 12.7. The molecule has 0 spiro atoms. The predicted octanol–water partition coefficient (Wildman–Crippen LogP) is 4.91. The molecular formula is C20H17BrN2O4. The lowest BCUT2D eigenvalue weighted by Gasteiger charge is -2.12. The summed E-state index contributed by atoms with van der Waals surface area (Å²) >= 11 is 3.38. The summed E-state index contributed by atoms with van der Waals surface area (Å²) in [7, 11) is 3.14. The Labute approximate surface area is 165 Å². The van der Waals surface area contributed by atoms with Gasteiger partial charge in [0, 0.05) is 10.7 Å². The van der Waals surface area contributed by atoms with E-state index in [2.05, 4.69) is 26.2 Å². The third kappa shape index (κ3) is 4.57. The van der Waals surface area contributed by atoms with Crippen molar-refractivity contribution in [3.05, 3.63) is 70.8 Å². The largest absolute Gasteiger partial charge is 0.497 e. The van der Waals surface area contributed by atoms with E-state index in [9.17, 15) is 4.79 Å². The molecule has 1 aromatic heterocycles. The molecule has 0 radical (unpaired) electrons. The zero-order valence-corrected chi connectivity index (χ0v) is 16.3. The standard InChI is InChI=1S/C20H17BrN2O4/c1-25-13-5-7-14(8-6-13)27-20-18(4-3-11-22-20)23-19(24)16-12-15(26-2)9-10-17(16)21/h3-12H,1-2H3,(H,23,24). The highest BCUT2D eigenvalue weighted by atomic mass is 79.9. The zero-order chi connectivity index (χ0) is 19.2. The zero-order valence-electron chi connectivity index (χ0n) is 14.7. The number of pyridine rings is 1. The number of carbonyl (C=O) groups is 1. The number of amides is 1. The van der Waals surface area contributed by atoms with Crippen LogP contribution in [0, 0.1) is 0 Å². The Kier molecular flexibility index (Phi) is 5.93. The molecule has 1 N–H and O–H groups in total. The lowest BCUT2D eigenvalue weighted by molar-refractivity contribution is 0.102. The first-order chi connectivity index (χ1) is 13.1. The van der Waals surface area contributed by atoms with Crippen molar-refractivity contribution in [1.82, 2.24) is 4.98 Å². The number of ether oxygens (including phenoxy) is 3. The number of anilines is 1. The van der Waals surface area contributed by atoms with E-state index in [0.717, 1.165) is 5.75 Å². The lowest BCUT2D eigenvalue weighted by atomic mass is 10.2. The molecule has 3 rings (SSSR count). The molecule has 27 heavy (non-hydrogen) atoms. The first-order valence-corrected chi connectivity index (χ1v) is 8.82. The summed E-state index contributed by atoms with van der Waals surface area (Å²) < 4.78 is 16.8. The molecule has 0 unspecified atom stereocenters. The molecule has 7 heteroatoms. The van der Waals surface area contributed by atoms with Crippen molar-refractivity contribution in [2.24, 2.45) is 0 Å². The first-order valence-electron chi connectivity index (χ1n) is 8.02. The van der Waals surface area contributed by atoms with Gasteiger partial charge in [-0.2, -0.15) is 0 Å². The van der Waals surface area contributed by atoms with E-state index < -0.39 is 0 Å². The smallest absolute Gasteiger partial charge is 0.257 e. The van der Waals surface area contributed by atoms with Gasteiger partial charge < -0.3 is 19.5 Å². The number of hydrogen-bond donors (Lipinski definition) is 1. The van der Waals surface area contributed by atoms with Crippen LogP contribution in [0.25, 0.3) is 0 Å². The van der Waals surface area contributed by atoms with Crippen LogP contribution in [0.2, 0.25) is 0 Å². The second-order valence-electron chi connectivity index (χ2n) is 5.43. The molecule has 138 valence electrons. The van der Waals surface area contributed by atoms with Crippen LogP contribution in [0.5, 0.6) is 23.1 Å². The van der Waals surface area contributed by atoms with Gasteiger partial charge in [-0.1, -0.05) is 0 Å². The normalized spacial score (nSPS) is 10.2. The van der Waals surface area contributed by atoms with Crippen molar-refractivity contribution in [2.45, 2.75) is 0 Å². The average molecular weight is 429 g/mol. The van der Waals surface area contributed by atoms with E-state index in [1.165, 1.54) is 0 Å². The molecule has 0 aliphatic rings. The first kappa shape index (κ1) is 18.7. The summed E-state index contributed by atoms with van der Waals surface area (Å²) in [5.74, 6) is 1.86. The van der Waals surface area contributed by atoms with Crippen LogP contribution in [0.4, 0.5) is 5.69 Å². The van der Waals surface area contributed by atoms with Crippen molar-refractivity contribution in [2.75, 3.05) is 19.5 Å². The maximum atomic E-state index is 12.7. The quantitative estimate of drug-likeness (QED) is 0.603. The van der Waals surface area contributed by atoms with Gasteiger partial charge in [-0.25, -0.2) is 4.98 Å². The van der Waals surface area contributed by atoms with Gasteiger partial charge in [0.1, 0.15) is 22.9 Å². The van der Waals surface area contributed by atoms with Crippen LogP contribution in [0.15, 0.2) is 65.3 Å². The monoisotopic (exact) mass is 428 g/mol. The molecule has 2 aromatic carbocycles. The topological polar surface area (TPSA) is 69.7 Å². The van der Waals surface area contributed by atoms with Crippen LogP contribution in [-0.2, 0) is 0 Å². The highest BCUT2D eigenvalue weighted by molar-refractivity contribution is 9.10. The average Bonchev–Trinajstić information content (AvgIpc) is 2.70. The van der Waals surface area contributed by atoms with Gasteiger partial charge in [-0.3, -0.25) is 4.79 Å².